The first-order valence-electron chi connectivity index (χ1n) is 11.2. The van der Waals surface area contributed by atoms with Crippen molar-refractivity contribution in [1.82, 2.24) is 0 Å². The number of fused-ring (bicyclic) bond motifs is 1. The van der Waals surface area contributed by atoms with E-state index in [0.29, 0.717) is 0 Å². The molecule has 1 aliphatic rings. The molecule has 3 aromatic rings. The number of hydrogen-bond donors (Lipinski definition) is 0. The molecule has 1 aromatic carbocycles. The van der Waals surface area contributed by atoms with Crippen molar-refractivity contribution in [2.75, 3.05) is 0 Å². The van der Waals surface area contributed by atoms with E-state index in [1.54, 1.807) is 22.7 Å². The van der Waals surface area contributed by atoms with Gasteiger partial charge >= 0.3 is 7.12 Å². The molecule has 0 saturated carbocycles. The molecular weight excluding hydrogens is 419 g/mol. The standard InChI is InChI=1S/C26H31BO2S2/c1-7-9-10-18-11-12-20(19(8-2)15-18)13-14-21-16-22-23(30-21)17-24(31-22)27-28-25(3,4)26(5,6)29-27/h11-12,15-17H,7-10H2,1-6H3. The summed E-state index contributed by atoms with van der Waals surface area (Å²) in [5, 5.41) is 0. The van der Waals surface area contributed by atoms with Crippen LogP contribution in [0.25, 0.3) is 9.40 Å². The van der Waals surface area contributed by atoms with Crippen molar-refractivity contribution >= 4 is 44.0 Å². The van der Waals surface area contributed by atoms with Crippen molar-refractivity contribution in [3.05, 3.63) is 51.9 Å². The summed E-state index contributed by atoms with van der Waals surface area (Å²) in [6, 6.07) is 11.2. The van der Waals surface area contributed by atoms with Gasteiger partial charge in [-0.05, 0) is 76.3 Å². The molecule has 1 saturated heterocycles. The predicted molar refractivity (Wildman–Crippen MR) is 136 cm³/mol. The predicted octanol–water partition coefficient (Wildman–Crippen LogP) is 6.57. The van der Waals surface area contributed by atoms with E-state index in [4.69, 9.17) is 9.31 Å². The molecule has 0 unspecified atom stereocenters. The SMILES string of the molecule is CCCCc1ccc(C#Cc2cc3sc(B4OC(C)(C)C(C)(C)O4)cc3s2)c(CC)c1. The molecule has 31 heavy (non-hydrogen) atoms. The summed E-state index contributed by atoms with van der Waals surface area (Å²) in [4.78, 5) is 1.11. The van der Waals surface area contributed by atoms with Gasteiger partial charge in [-0.15, -0.1) is 22.7 Å². The van der Waals surface area contributed by atoms with E-state index in [1.165, 1.54) is 33.4 Å². The molecular formula is C26H31BO2S2. The van der Waals surface area contributed by atoms with Crippen LogP contribution in [-0.4, -0.2) is 18.3 Å². The number of rotatable bonds is 5. The number of thiophene rings is 2. The van der Waals surface area contributed by atoms with Gasteiger partial charge in [0.1, 0.15) is 0 Å². The largest absolute Gasteiger partial charge is 0.505 e. The van der Waals surface area contributed by atoms with Crippen molar-refractivity contribution in [2.24, 2.45) is 0 Å². The lowest BCUT2D eigenvalue weighted by Gasteiger charge is -2.32. The summed E-state index contributed by atoms with van der Waals surface area (Å²) >= 11 is 3.50. The fourth-order valence-corrected chi connectivity index (χ4v) is 5.94. The Bertz CT molecular complexity index is 1100. The maximum Gasteiger partial charge on any atom is 0.505 e. The maximum absolute atomic E-state index is 6.21. The average Bonchev–Trinajstić information content (AvgIpc) is 3.34. The molecule has 0 amide bonds. The second-order valence-electron chi connectivity index (χ2n) is 9.27. The van der Waals surface area contributed by atoms with Crippen LogP contribution < -0.4 is 4.78 Å². The van der Waals surface area contributed by atoms with Crippen molar-refractivity contribution in [3.8, 4) is 11.8 Å². The summed E-state index contributed by atoms with van der Waals surface area (Å²) < 4.78 is 16.1. The molecule has 5 heteroatoms. The smallest absolute Gasteiger partial charge is 0.399 e. The first-order chi connectivity index (χ1) is 14.7. The van der Waals surface area contributed by atoms with Gasteiger partial charge in [0.05, 0.1) is 16.1 Å². The topological polar surface area (TPSA) is 18.5 Å². The molecule has 2 aromatic heterocycles. The lowest BCUT2D eigenvalue weighted by molar-refractivity contribution is 0.00578. The molecule has 0 aliphatic carbocycles. The van der Waals surface area contributed by atoms with Gasteiger partial charge in [-0.1, -0.05) is 44.2 Å². The molecule has 0 bridgehead atoms. The Morgan fingerprint density at radius 3 is 2.26 bits per heavy atom. The van der Waals surface area contributed by atoms with Crippen molar-refractivity contribution in [1.29, 1.82) is 0 Å². The van der Waals surface area contributed by atoms with Gasteiger partial charge in [-0.3, -0.25) is 0 Å². The van der Waals surface area contributed by atoms with Gasteiger partial charge < -0.3 is 9.31 Å². The Morgan fingerprint density at radius 1 is 0.903 bits per heavy atom. The molecule has 1 fully saturated rings. The van der Waals surface area contributed by atoms with Gasteiger partial charge in [0.15, 0.2) is 0 Å². The zero-order chi connectivity index (χ0) is 22.2. The maximum atomic E-state index is 6.21. The lowest BCUT2D eigenvalue weighted by Crippen LogP contribution is -2.41. The van der Waals surface area contributed by atoms with Crippen molar-refractivity contribution < 1.29 is 9.31 Å². The summed E-state index contributed by atoms with van der Waals surface area (Å²) in [6.45, 7) is 12.8. The Labute approximate surface area is 195 Å². The summed E-state index contributed by atoms with van der Waals surface area (Å²) in [5.41, 5.74) is 3.31. The molecule has 1 aliphatic heterocycles. The van der Waals surface area contributed by atoms with Crippen molar-refractivity contribution in [2.45, 2.75) is 78.4 Å². The average molecular weight is 450 g/mol. The normalized spacial score (nSPS) is 17.2. The molecule has 0 spiro atoms. The number of benzene rings is 1. The van der Waals surface area contributed by atoms with E-state index in [2.05, 4.69) is 83.7 Å². The zero-order valence-electron chi connectivity index (χ0n) is 19.4. The summed E-state index contributed by atoms with van der Waals surface area (Å²) in [6.07, 6.45) is 4.65. The van der Waals surface area contributed by atoms with E-state index in [0.717, 1.165) is 28.1 Å². The van der Waals surface area contributed by atoms with E-state index in [-0.39, 0.29) is 18.3 Å². The van der Waals surface area contributed by atoms with Gasteiger partial charge in [-0.25, -0.2) is 0 Å². The molecule has 3 heterocycles. The van der Waals surface area contributed by atoms with Crippen LogP contribution in [0.4, 0.5) is 0 Å². The number of hydrogen-bond acceptors (Lipinski definition) is 4. The highest BCUT2D eigenvalue weighted by Gasteiger charge is 2.52. The van der Waals surface area contributed by atoms with Crippen LogP contribution in [0.15, 0.2) is 30.3 Å². The van der Waals surface area contributed by atoms with E-state index >= 15 is 0 Å². The number of aryl methyl sites for hydroxylation is 2. The monoisotopic (exact) mass is 450 g/mol. The fraction of sp³-hybridized carbons (Fsp3) is 0.462. The Balaban J connectivity index is 1.53. The van der Waals surface area contributed by atoms with Crippen molar-refractivity contribution in [3.63, 3.8) is 0 Å². The zero-order valence-corrected chi connectivity index (χ0v) is 21.1. The van der Waals surface area contributed by atoms with Gasteiger partial charge in [0, 0.05) is 19.7 Å². The highest BCUT2D eigenvalue weighted by molar-refractivity contribution is 7.33. The van der Waals surface area contributed by atoms with E-state index in [1.807, 2.05) is 0 Å². The van der Waals surface area contributed by atoms with Crippen LogP contribution in [-0.2, 0) is 22.2 Å². The third-order valence-electron chi connectivity index (χ3n) is 6.40. The van der Waals surface area contributed by atoms with Gasteiger partial charge in [0.25, 0.3) is 0 Å². The van der Waals surface area contributed by atoms with Crippen LogP contribution in [0.1, 0.15) is 76.0 Å². The van der Waals surface area contributed by atoms with E-state index < -0.39 is 0 Å². The quantitative estimate of drug-likeness (QED) is 0.323. The highest BCUT2D eigenvalue weighted by atomic mass is 32.1. The first-order valence-corrected chi connectivity index (χ1v) is 12.9. The molecule has 0 N–H and O–H groups in total. The van der Waals surface area contributed by atoms with Crippen LogP contribution in [0, 0.1) is 11.8 Å². The minimum atomic E-state index is -0.311. The Kier molecular flexibility index (Phi) is 6.38. The van der Waals surface area contributed by atoms with Gasteiger partial charge in [0.2, 0.25) is 0 Å². The third-order valence-corrected chi connectivity index (χ3v) is 8.63. The number of unbranched alkanes of at least 4 members (excludes halogenated alkanes) is 1. The molecule has 0 atom stereocenters. The Hall–Kier alpha value is -1.58. The second-order valence-corrected chi connectivity index (χ2v) is 11.5. The minimum Gasteiger partial charge on any atom is -0.399 e. The van der Waals surface area contributed by atoms with Crippen LogP contribution in [0.2, 0.25) is 0 Å². The second kappa shape index (κ2) is 8.75. The Morgan fingerprint density at radius 2 is 1.61 bits per heavy atom. The van der Waals surface area contributed by atoms with Crippen LogP contribution in [0.5, 0.6) is 0 Å². The van der Waals surface area contributed by atoms with E-state index in [9.17, 15) is 0 Å². The first kappa shape index (κ1) is 22.6. The minimum absolute atomic E-state index is 0.289. The molecule has 2 nitrogen and oxygen atoms in total. The summed E-state index contributed by atoms with van der Waals surface area (Å²) in [5.74, 6) is 6.82. The lowest BCUT2D eigenvalue weighted by atomic mass is 9.88. The fourth-order valence-electron chi connectivity index (χ4n) is 3.72. The van der Waals surface area contributed by atoms with Gasteiger partial charge in [-0.2, -0.15) is 0 Å². The molecule has 4 rings (SSSR count). The summed E-state index contributed by atoms with van der Waals surface area (Å²) in [7, 11) is -0.289. The molecule has 162 valence electrons. The highest BCUT2D eigenvalue weighted by Crippen LogP contribution is 2.38. The van der Waals surface area contributed by atoms with Crippen LogP contribution >= 0.6 is 22.7 Å². The van der Waals surface area contributed by atoms with Crippen LogP contribution in [0.3, 0.4) is 0 Å². The molecule has 0 radical (unpaired) electrons. The third kappa shape index (κ3) is 4.64.